The number of carbonyl (C=O) groups is 1. The van der Waals surface area contributed by atoms with E-state index in [4.69, 9.17) is 0 Å². The molecular weight excluding hydrogens is 333 g/mol. The molecule has 0 fully saturated rings. The van der Waals surface area contributed by atoms with Crippen LogP contribution in [0.25, 0.3) is 0 Å². The lowest BCUT2D eigenvalue weighted by atomic mass is 10.2. The highest BCUT2D eigenvalue weighted by Crippen LogP contribution is 2.02. The minimum atomic E-state index is -0.585. The number of nitrogens with zero attached hydrogens (tertiary/aromatic N) is 2. The Labute approximate surface area is 114 Å². The minimum absolute atomic E-state index is 0.186. The fourth-order valence-corrected chi connectivity index (χ4v) is 1.64. The first kappa shape index (κ1) is 14.1. The number of nitrogens with one attached hydrogen (secondary N) is 1. The van der Waals surface area contributed by atoms with Gasteiger partial charge in [0.2, 0.25) is 5.91 Å². The van der Waals surface area contributed by atoms with Crippen LogP contribution in [0.4, 0.5) is 0 Å². The third-order valence-corrected chi connectivity index (χ3v) is 2.81. The maximum absolute atomic E-state index is 11.8. The summed E-state index contributed by atoms with van der Waals surface area (Å²) in [7, 11) is 0. The molecule has 1 N–H and O–H groups in total. The van der Waals surface area contributed by atoms with Gasteiger partial charge in [0.15, 0.2) is 0 Å². The van der Waals surface area contributed by atoms with E-state index in [9.17, 15) is 9.59 Å². The van der Waals surface area contributed by atoms with Gasteiger partial charge in [0, 0.05) is 16.2 Å². The van der Waals surface area contributed by atoms with Gasteiger partial charge >= 0.3 is 0 Å². The van der Waals surface area contributed by atoms with E-state index in [1.807, 2.05) is 36.4 Å². The fourth-order valence-electron chi connectivity index (χ4n) is 1.25. The standard InChI is InChI=1S/C11H16IN3O2/c1-7(2)5-13-11(17)8(3)15-10(16)4-9(12)6-14-15/h4,6-8H,5H2,1-3H3,(H,13,17). The predicted octanol–water partition coefficient (Wildman–Crippen LogP) is 1.18. The number of hydrogen-bond donors (Lipinski definition) is 1. The Hall–Kier alpha value is -0.920. The van der Waals surface area contributed by atoms with E-state index in [2.05, 4.69) is 10.4 Å². The van der Waals surface area contributed by atoms with E-state index in [0.29, 0.717) is 12.5 Å². The Kier molecular flexibility index (Phi) is 5.10. The van der Waals surface area contributed by atoms with Crippen LogP contribution in [-0.4, -0.2) is 22.2 Å². The molecule has 0 saturated carbocycles. The Balaban J connectivity index is 2.78. The van der Waals surface area contributed by atoms with Crippen molar-refractivity contribution in [2.24, 2.45) is 5.92 Å². The largest absolute Gasteiger partial charge is 0.354 e. The monoisotopic (exact) mass is 349 g/mol. The molecule has 6 heteroatoms. The first-order valence-corrected chi connectivity index (χ1v) is 6.51. The topological polar surface area (TPSA) is 64.0 Å². The molecule has 1 unspecified atom stereocenters. The first-order chi connectivity index (χ1) is 7.91. The van der Waals surface area contributed by atoms with Crippen molar-refractivity contribution in [1.82, 2.24) is 15.1 Å². The summed E-state index contributed by atoms with van der Waals surface area (Å²) < 4.78 is 1.95. The maximum Gasteiger partial charge on any atom is 0.268 e. The van der Waals surface area contributed by atoms with E-state index in [0.717, 1.165) is 3.57 Å². The Morgan fingerprint density at radius 1 is 1.53 bits per heavy atom. The van der Waals surface area contributed by atoms with Gasteiger partial charge in [-0.15, -0.1) is 0 Å². The molecule has 1 aromatic rings. The second-order valence-corrected chi connectivity index (χ2v) is 5.52. The highest BCUT2D eigenvalue weighted by Gasteiger charge is 2.16. The van der Waals surface area contributed by atoms with Crippen LogP contribution in [-0.2, 0) is 4.79 Å². The summed E-state index contributed by atoms with van der Waals surface area (Å²) in [5, 5.41) is 6.74. The lowest BCUT2D eigenvalue weighted by molar-refractivity contribution is -0.124. The van der Waals surface area contributed by atoms with Crippen LogP contribution >= 0.6 is 22.6 Å². The molecule has 0 aliphatic carbocycles. The highest BCUT2D eigenvalue weighted by molar-refractivity contribution is 14.1. The zero-order valence-corrected chi connectivity index (χ0v) is 12.3. The van der Waals surface area contributed by atoms with Crippen molar-refractivity contribution in [3.05, 3.63) is 26.2 Å². The number of hydrogen-bond acceptors (Lipinski definition) is 3. The number of aromatic nitrogens is 2. The van der Waals surface area contributed by atoms with E-state index in [1.165, 1.54) is 10.7 Å². The van der Waals surface area contributed by atoms with Gasteiger partial charge in [0.05, 0.1) is 6.20 Å². The molecular formula is C11H16IN3O2. The first-order valence-electron chi connectivity index (χ1n) is 5.44. The Morgan fingerprint density at radius 3 is 2.71 bits per heavy atom. The van der Waals surface area contributed by atoms with Crippen LogP contribution in [0.3, 0.4) is 0 Å². The molecule has 0 spiro atoms. The minimum Gasteiger partial charge on any atom is -0.354 e. The van der Waals surface area contributed by atoms with Gasteiger partial charge < -0.3 is 5.32 Å². The van der Waals surface area contributed by atoms with Gasteiger partial charge in [0.1, 0.15) is 6.04 Å². The Bertz CT molecular complexity index is 456. The molecule has 17 heavy (non-hydrogen) atoms. The van der Waals surface area contributed by atoms with Crippen molar-refractivity contribution in [3.63, 3.8) is 0 Å². The summed E-state index contributed by atoms with van der Waals surface area (Å²) in [5.41, 5.74) is -0.260. The molecule has 0 radical (unpaired) electrons. The molecule has 1 atom stereocenters. The van der Waals surface area contributed by atoms with Crippen LogP contribution in [0, 0.1) is 9.49 Å². The van der Waals surface area contributed by atoms with Crippen LogP contribution in [0.15, 0.2) is 17.1 Å². The van der Waals surface area contributed by atoms with Gasteiger partial charge in [0.25, 0.3) is 5.56 Å². The number of halogens is 1. The number of carbonyl (C=O) groups excluding carboxylic acids is 1. The molecule has 1 aromatic heterocycles. The average Bonchev–Trinajstić information content (AvgIpc) is 2.25. The van der Waals surface area contributed by atoms with Crippen molar-refractivity contribution in [2.75, 3.05) is 6.54 Å². The van der Waals surface area contributed by atoms with Crippen molar-refractivity contribution in [3.8, 4) is 0 Å². The van der Waals surface area contributed by atoms with Gasteiger partial charge in [-0.25, -0.2) is 4.68 Å². The molecule has 0 aliphatic heterocycles. The zero-order chi connectivity index (χ0) is 13.0. The third kappa shape index (κ3) is 4.10. The maximum atomic E-state index is 11.8. The van der Waals surface area contributed by atoms with E-state index in [1.54, 1.807) is 13.1 Å². The molecule has 1 rings (SSSR count). The number of amides is 1. The van der Waals surface area contributed by atoms with Crippen LogP contribution < -0.4 is 10.9 Å². The molecule has 94 valence electrons. The summed E-state index contributed by atoms with van der Waals surface area (Å²) in [6.07, 6.45) is 1.56. The van der Waals surface area contributed by atoms with Crippen LogP contribution in [0.1, 0.15) is 26.8 Å². The van der Waals surface area contributed by atoms with Gasteiger partial charge in [-0.05, 0) is 35.4 Å². The van der Waals surface area contributed by atoms with E-state index in [-0.39, 0.29) is 11.5 Å². The van der Waals surface area contributed by atoms with Crippen LogP contribution in [0.5, 0.6) is 0 Å². The summed E-state index contributed by atoms with van der Waals surface area (Å²) >= 11 is 2.01. The lowest BCUT2D eigenvalue weighted by Gasteiger charge is -2.14. The molecule has 0 saturated heterocycles. The zero-order valence-electron chi connectivity index (χ0n) is 10.1. The predicted molar refractivity (Wildman–Crippen MR) is 73.8 cm³/mol. The summed E-state index contributed by atoms with van der Waals surface area (Å²) in [6.45, 7) is 6.29. The Morgan fingerprint density at radius 2 is 2.18 bits per heavy atom. The quantitative estimate of drug-likeness (QED) is 0.831. The molecule has 0 aliphatic rings. The van der Waals surface area contributed by atoms with Crippen molar-refractivity contribution in [1.29, 1.82) is 0 Å². The third-order valence-electron chi connectivity index (χ3n) is 2.22. The van der Waals surface area contributed by atoms with Gasteiger partial charge in [-0.2, -0.15) is 5.10 Å². The average molecular weight is 349 g/mol. The molecule has 1 heterocycles. The van der Waals surface area contributed by atoms with Gasteiger partial charge in [-0.1, -0.05) is 13.8 Å². The van der Waals surface area contributed by atoms with Crippen molar-refractivity contribution in [2.45, 2.75) is 26.8 Å². The normalized spacial score (nSPS) is 12.5. The van der Waals surface area contributed by atoms with E-state index < -0.39 is 6.04 Å². The van der Waals surface area contributed by atoms with Crippen LogP contribution in [0.2, 0.25) is 0 Å². The molecule has 0 aromatic carbocycles. The summed E-state index contributed by atoms with van der Waals surface area (Å²) in [4.78, 5) is 23.4. The lowest BCUT2D eigenvalue weighted by Crippen LogP contribution is -2.38. The SMILES string of the molecule is CC(C)CNC(=O)C(C)n1ncc(I)cc1=O. The second-order valence-electron chi connectivity index (χ2n) is 4.27. The molecule has 5 nitrogen and oxygen atoms in total. The smallest absolute Gasteiger partial charge is 0.268 e. The molecule has 0 bridgehead atoms. The summed E-state index contributed by atoms with van der Waals surface area (Å²) in [6, 6.07) is 0.873. The second kappa shape index (κ2) is 6.13. The summed E-state index contributed by atoms with van der Waals surface area (Å²) in [5.74, 6) is 0.196. The molecule has 1 amide bonds. The fraction of sp³-hybridized carbons (Fsp3) is 0.545. The number of rotatable bonds is 4. The van der Waals surface area contributed by atoms with Crippen molar-refractivity contribution < 1.29 is 4.79 Å². The van der Waals surface area contributed by atoms with E-state index >= 15 is 0 Å². The van der Waals surface area contributed by atoms with Gasteiger partial charge in [-0.3, -0.25) is 9.59 Å². The highest BCUT2D eigenvalue weighted by atomic mass is 127. The van der Waals surface area contributed by atoms with Crippen molar-refractivity contribution >= 4 is 28.5 Å².